The second-order valence-electron chi connectivity index (χ2n) is 4.92. The molecule has 1 atom stereocenters. The first kappa shape index (κ1) is 11.5. The fourth-order valence-corrected chi connectivity index (χ4v) is 2.67. The highest BCUT2D eigenvalue weighted by Gasteiger charge is 2.21. The van der Waals surface area contributed by atoms with Crippen molar-refractivity contribution in [3.8, 4) is 5.75 Å². The first-order valence-corrected chi connectivity index (χ1v) is 6.29. The Morgan fingerprint density at radius 1 is 1.31 bits per heavy atom. The number of aromatic hydroxyl groups is 1. The summed E-state index contributed by atoms with van der Waals surface area (Å²) in [6, 6.07) is 7.83. The van der Waals surface area contributed by atoms with E-state index in [0.29, 0.717) is 11.8 Å². The zero-order valence-corrected chi connectivity index (χ0v) is 9.73. The Morgan fingerprint density at radius 3 is 2.75 bits per heavy atom. The summed E-state index contributed by atoms with van der Waals surface area (Å²) in [6.07, 6.45) is 7.33. The molecule has 1 aromatic carbocycles. The third-order valence-electron chi connectivity index (χ3n) is 3.68. The van der Waals surface area contributed by atoms with Crippen molar-refractivity contribution in [1.82, 2.24) is 0 Å². The van der Waals surface area contributed by atoms with Crippen LogP contribution in [0, 0.1) is 5.92 Å². The third kappa shape index (κ3) is 2.99. The molecular formula is C14H21NO. The average Bonchev–Trinajstić information content (AvgIpc) is 2.79. The second-order valence-corrected chi connectivity index (χ2v) is 4.92. The smallest absolute Gasteiger partial charge is 0.115 e. The van der Waals surface area contributed by atoms with Crippen LogP contribution in [-0.2, 0) is 6.42 Å². The molecule has 3 N–H and O–H groups in total. The van der Waals surface area contributed by atoms with Crippen LogP contribution in [0.2, 0.25) is 0 Å². The number of hydrogen-bond acceptors (Lipinski definition) is 2. The van der Waals surface area contributed by atoms with E-state index in [1.165, 1.54) is 31.2 Å². The van der Waals surface area contributed by atoms with Gasteiger partial charge >= 0.3 is 0 Å². The van der Waals surface area contributed by atoms with Crippen LogP contribution in [0.3, 0.4) is 0 Å². The van der Waals surface area contributed by atoms with Gasteiger partial charge in [-0.25, -0.2) is 0 Å². The van der Waals surface area contributed by atoms with Crippen molar-refractivity contribution >= 4 is 0 Å². The van der Waals surface area contributed by atoms with Crippen LogP contribution in [0.25, 0.3) is 0 Å². The lowest BCUT2D eigenvalue weighted by Gasteiger charge is -2.18. The Bertz CT molecular complexity index is 331. The summed E-state index contributed by atoms with van der Waals surface area (Å²) in [5, 5.41) is 9.36. The van der Waals surface area contributed by atoms with Gasteiger partial charge < -0.3 is 10.8 Å². The molecule has 0 bridgehead atoms. The van der Waals surface area contributed by atoms with Crippen LogP contribution in [-0.4, -0.2) is 11.1 Å². The van der Waals surface area contributed by atoms with E-state index in [9.17, 15) is 5.11 Å². The summed E-state index contributed by atoms with van der Waals surface area (Å²) in [4.78, 5) is 0. The molecule has 16 heavy (non-hydrogen) atoms. The molecule has 0 spiro atoms. The maximum atomic E-state index is 9.36. The van der Waals surface area contributed by atoms with Crippen LogP contribution < -0.4 is 5.73 Å². The zero-order chi connectivity index (χ0) is 11.4. The fraction of sp³-hybridized carbons (Fsp3) is 0.571. The molecule has 0 saturated heterocycles. The largest absolute Gasteiger partial charge is 0.508 e. The van der Waals surface area contributed by atoms with Crippen LogP contribution in [0.4, 0.5) is 0 Å². The van der Waals surface area contributed by atoms with E-state index in [1.807, 2.05) is 12.1 Å². The second kappa shape index (κ2) is 5.35. The van der Waals surface area contributed by atoms with E-state index in [0.717, 1.165) is 18.8 Å². The Balaban J connectivity index is 1.82. The van der Waals surface area contributed by atoms with Gasteiger partial charge in [-0.3, -0.25) is 0 Å². The zero-order valence-electron chi connectivity index (χ0n) is 9.73. The average molecular weight is 219 g/mol. The Labute approximate surface area is 97.5 Å². The summed E-state index contributed by atoms with van der Waals surface area (Å²) in [5.41, 5.74) is 7.39. The molecule has 2 rings (SSSR count). The highest BCUT2D eigenvalue weighted by Crippen LogP contribution is 2.28. The SMILES string of the molecule is NC(CCc1cccc(O)c1)C1CCCC1. The fourth-order valence-electron chi connectivity index (χ4n) is 2.67. The lowest BCUT2D eigenvalue weighted by molar-refractivity contribution is 0.410. The minimum absolute atomic E-state index is 0.338. The Kier molecular flexibility index (Phi) is 3.83. The van der Waals surface area contributed by atoms with Crippen LogP contribution in [0.5, 0.6) is 5.75 Å². The molecule has 2 nitrogen and oxygen atoms in total. The number of rotatable bonds is 4. The minimum atomic E-state index is 0.338. The number of nitrogens with two attached hydrogens (primary N) is 1. The number of phenolic OH excluding ortho intramolecular Hbond substituents is 1. The molecule has 1 aliphatic carbocycles. The van der Waals surface area contributed by atoms with Gasteiger partial charge in [0.25, 0.3) is 0 Å². The van der Waals surface area contributed by atoms with Crippen molar-refractivity contribution in [1.29, 1.82) is 0 Å². The molecule has 1 aromatic rings. The molecule has 1 unspecified atom stereocenters. The Morgan fingerprint density at radius 2 is 2.06 bits per heavy atom. The molecule has 0 aliphatic heterocycles. The molecule has 0 radical (unpaired) electrons. The molecule has 2 heteroatoms. The van der Waals surface area contributed by atoms with Gasteiger partial charge in [0.15, 0.2) is 0 Å². The lowest BCUT2D eigenvalue weighted by atomic mass is 9.93. The molecule has 0 heterocycles. The predicted octanol–water partition coefficient (Wildman–Crippen LogP) is 2.84. The maximum absolute atomic E-state index is 9.36. The van der Waals surface area contributed by atoms with Crippen molar-refractivity contribution in [2.75, 3.05) is 0 Å². The van der Waals surface area contributed by atoms with Crippen molar-refractivity contribution in [3.05, 3.63) is 29.8 Å². The topological polar surface area (TPSA) is 46.2 Å². The van der Waals surface area contributed by atoms with Crippen molar-refractivity contribution < 1.29 is 5.11 Å². The Hall–Kier alpha value is -1.02. The van der Waals surface area contributed by atoms with Crippen LogP contribution >= 0.6 is 0 Å². The molecule has 1 fully saturated rings. The quantitative estimate of drug-likeness (QED) is 0.818. The van der Waals surface area contributed by atoms with E-state index < -0.39 is 0 Å². The van der Waals surface area contributed by atoms with Gasteiger partial charge in [-0.2, -0.15) is 0 Å². The van der Waals surface area contributed by atoms with Gasteiger partial charge in [-0.1, -0.05) is 25.0 Å². The standard InChI is InChI=1S/C14H21NO/c15-14(12-5-1-2-6-12)9-8-11-4-3-7-13(16)10-11/h3-4,7,10,12,14,16H,1-2,5-6,8-9,15H2. The van der Waals surface area contributed by atoms with Gasteiger partial charge in [0, 0.05) is 6.04 Å². The molecule has 0 amide bonds. The predicted molar refractivity (Wildman–Crippen MR) is 66.4 cm³/mol. The van der Waals surface area contributed by atoms with Gasteiger partial charge in [0.2, 0.25) is 0 Å². The monoisotopic (exact) mass is 219 g/mol. The van der Waals surface area contributed by atoms with Crippen molar-refractivity contribution in [3.63, 3.8) is 0 Å². The summed E-state index contributed by atoms with van der Waals surface area (Å²) in [5.74, 6) is 1.09. The minimum Gasteiger partial charge on any atom is -0.508 e. The third-order valence-corrected chi connectivity index (χ3v) is 3.68. The van der Waals surface area contributed by atoms with E-state index in [-0.39, 0.29) is 0 Å². The van der Waals surface area contributed by atoms with E-state index in [1.54, 1.807) is 6.07 Å². The van der Waals surface area contributed by atoms with Gasteiger partial charge in [0.1, 0.15) is 5.75 Å². The first-order chi connectivity index (χ1) is 7.75. The highest BCUT2D eigenvalue weighted by molar-refractivity contribution is 5.27. The molecule has 0 aromatic heterocycles. The van der Waals surface area contributed by atoms with E-state index >= 15 is 0 Å². The van der Waals surface area contributed by atoms with Crippen LogP contribution in [0.1, 0.15) is 37.7 Å². The molecular weight excluding hydrogens is 198 g/mol. The van der Waals surface area contributed by atoms with Crippen molar-refractivity contribution in [2.24, 2.45) is 11.7 Å². The normalized spacial score (nSPS) is 18.8. The summed E-state index contributed by atoms with van der Waals surface area (Å²) in [6.45, 7) is 0. The van der Waals surface area contributed by atoms with Gasteiger partial charge in [-0.05, 0) is 49.3 Å². The first-order valence-electron chi connectivity index (χ1n) is 6.29. The summed E-state index contributed by atoms with van der Waals surface area (Å²) < 4.78 is 0. The number of benzene rings is 1. The van der Waals surface area contributed by atoms with Crippen LogP contribution in [0.15, 0.2) is 24.3 Å². The summed E-state index contributed by atoms with van der Waals surface area (Å²) in [7, 11) is 0. The number of hydrogen-bond donors (Lipinski definition) is 2. The summed E-state index contributed by atoms with van der Waals surface area (Å²) >= 11 is 0. The molecule has 1 saturated carbocycles. The van der Waals surface area contributed by atoms with E-state index in [4.69, 9.17) is 5.73 Å². The molecule has 1 aliphatic rings. The number of phenols is 1. The van der Waals surface area contributed by atoms with Gasteiger partial charge in [0.05, 0.1) is 0 Å². The maximum Gasteiger partial charge on any atom is 0.115 e. The molecule has 88 valence electrons. The van der Waals surface area contributed by atoms with Gasteiger partial charge in [-0.15, -0.1) is 0 Å². The highest BCUT2D eigenvalue weighted by atomic mass is 16.3. The number of aryl methyl sites for hydroxylation is 1. The lowest BCUT2D eigenvalue weighted by Crippen LogP contribution is -2.28. The van der Waals surface area contributed by atoms with E-state index in [2.05, 4.69) is 6.07 Å². The van der Waals surface area contributed by atoms with Crippen molar-refractivity contribution in [2.45, 2.75) is 44.6 Å².